The van der Waals surface area contributed by atoms with Crippen LogP contribution in [0.5, 0.6) is 0 Å². The Morgan fingerprint density at radius 2 is 2.10 bits per heavy atom. The molecule has 4 rings (SSSR count). The quantitative estimate of drug-likeness (QED) is 0.536. The predicted molar refractivity (Wildman–Crippen MR) is 119 cm³/mol. The Morgan fingerprint density at radius 1 is 1.26 bits per heavy atom. The van der Waals surface area contributed by atoms with Gasteiger partial charge in [-0.15, -0.1) is 0 Å². The van der Waals surface area contributed by atoms with E-state index in [1.54, 1.807) is 0 Å². The van der Waals surface area contributed by atoms with Crippen LogP contribution in [0.4, 0.5) is 4.79 Å². The number of carbonyl (C=O) groups is 3. The van der Waals surface area contributed by atoms with Gasteiger partial charge in [0.05, 0.1) is 0 Å². The van der Waals surface area contributed by atoms with E-state index in [1.165, 1.54) is 11.3 Å². The van der Waals surface area contributed by atoms with Gasteiger partial charge in [0, 0.05) is 42.7 Å². The Morgan fingerprint density at radius 3 is 2.94 bits per heavy atom. The summed E-state index contributed by atoms with van der Waals surface area (Å²) in [7, 11) is 0. The van der Waals surface area contributed by atoms with E-state index in [-0.39, 0.29) is 24.3 Å². The molecule has 4 amide bonds. The molecule has 0 unspecified atom stereocenters. The number of urea groups is 1. The largest absolute Gasteiger partial charge is 0.361 e. The summed E-state index contributed by atoms with van der Waals surface area (Å²) in [5.41, 5.74) is 2.12. The average molecular weight is 426 g/mol. The van der Waals surface area contributed by atoms with Crippen molar-refractivity contribution in [3.05, 3.63) is 36.0 Å². The first-order chi connectivity index (χ1) is 15.1. The molecule has 2 aliphatic rings. The fraction of sp³-hybridized carbons (Fsp3) is 0.522. The molecule has 0 bridgehead atoms. The summed E-state index contributed by atoms with van der Waals surface area (Å²) in [5.74, 6) is -0.312. The Kier molecular flexibility index (Phi) is 6.56. The lowest BCUT2D eigenvalue weighted by Gasteiger charge is -2.22. The smallest absolute Gasteiger partial charge is 0.324 e. The van der Waals surface area contributed by atoms with Crippen LogP contribution in [0.25, 0.3) is 10.9 Å². The third-order valence-corrected chi connectivity index (χ3v) is 6.49. The maximum atomic E-state index is 12.7. The minimum Gasteiger partial charge on any atom is -0.361 e. The molecule has 3 N–H and O–H groups in total. The maximum Gasteiger partial charge on any atom is 0.324 e. The monoisotopic (exact) mass is 425 g/mol. The Hall–Kier alpha value is -2.87. The average Bonchev–Trinajstić information content (AvgIpc) is 3.47. The zero-order chi connectivity index (χ0) is 21.8. The van der Waals surface area contributed by atoms with E-state index >= 15 is 0 Å². The molecule has 2 atom stereocenters. The molecule has 2 fully saturated rings. The van der Waals surface area contributed by atoms with Gasteiger partial charge in [-0.1, -0.05) is 25.1 Å². The summed E-state index contributed by atoms with van der Waals surface area (Å²) in [6, 6.07) is 7.37. The number of hydrogen-bond donors (Lipinski definition) is 3. The number of nitrogens with zero attached hydrogens (tertiary/aromatic N) is 2. The second kappa shape index (κ2) is 9.51. The zero-order valence-electron chi connectivity index (χ0n) is 18.0. The number of likely N-dealkylation sites (N-methyl/N-ethyl adjacent to an activating group) is 1. The molecule has 31 heavy (non-hydrogen) atoms. The number of fused-ring (bicyclic) bond motifs is 1. The molecule has 1 aromatic carbocycles. The van der Waals surface area contributed by atoms with Crippen LogP contribution in [0, 0.1) is 0 Å². The van der Waals surface area contributed by atoms with E-state index in [4.69, 9.17) is 0 Å². The van der Waals surface area contributed by atoms with Crippen molar-refractivity contribution < 1.29 is 14.4 Å². The number of rotatable bonds is 9. The van der Waals surface area contributed by atoms with Crippen LogP contribution in [0.3, 0.4) is 0 Å². The van der Waals surface area contributed by atoms with Gasteiger partial charge in [0.2, 0.25) is 5.91 Å². The minimum absolute atomic E-state index is 0.0674. The number of amides is 4. The molecule has 8 heteroatoms. The van der Waals surface area contributed by atoms with Crippen LogP contribution in [0.15, 0.2) is 30.5 Å². The Balaban J connectivity index is 1.24. The second-order valence-electron chi connectivity index (χ2n) is 8.37. The lowest BCUT2D eigenvalue weighted by molar-refractivity contribution is -0.127. The summed E-state index contributed by atoms with van der Waals surface area (Å²) in [5, 5.41) is 6.82. The molecule has 2 aliphatic heterocycles. The van der Waals surface area contributed by atoms with E-state index in [0.29, 0.717) is 32.0 Å². The highest BCUT2D eigenvalue weighted by molar-refractivity contribution is 6.04. The van der Waals surface area contributed by atoms with E-state index in [2.05, 4.69) is 27.4 Å². The molecular formula is C23H31N5O3. The SMILES string of the molecule is CCN1CCC[C@@H]1CNC(=O)CC[C@H]1NC(=O)N(CCc2c[nH]c3ccccc23)C1=O. The van der Waals surface area contributed by atoms with E-state index in [0.717, 1.165) is 36.0 Å². The highest BCUT2D eigenvalue weighted by Gasteiger charge is 2.37. The lowest BCUT2D eigenvalue weighted by Crippen LogP contribution is -2.40. The highest BCUT2D eigenvalue weighted by Crippen LogP contribution is 2.20. The molecule has 1 aromatic heterocycles. The fourth-order valence-electron chi connectivity index (χ4n) is 4.69. The molecule has 0 saturated carbocycles. The molecule has 8 nitrogen and oxygen atoms in total. The Bertz CT molecular complexity index is 956. The third kappa shape index (κ3) is 4.74. The molecule has 3 heterocycles. The van der Waals surface area contributed by atoms with Crippen molar-refractivity contribution in [2.45, 2.75) is 51.1 Å². The summed E-state index contributed by atoms with van der Waals surface area (Å²) < 4.78 is 0. The first kappa shape index (κ1) is 21.4. The van der Waals surface area contributed by atoms with Gasteiger partial charge in [0.1, 0.15) is 6.04 Å². The van der Waals surface area contributed by atoms with Crippen LogP contribution < -0.4 is 10.6 Å². The molecule has 0 radical (unpaired) electrons. The number of benzene rings is 1. The van der Waals surface area contributed by atoms with Crippen LogP contribution in [-0.4, -0.2) is 70.9 Å². The summed E-state index contributed by atoms with van der Waals surface area (Å²) >= 11 is 0. The minimum atomic E-state index is -0.625. The Labute approximate surface area is 182 Å². The number of aromatic amines is 1. The number of H-pyrrole nitrogens is 1. The van der Waals surface area contributed by atoms with Gasteiger partial charge in [0.25, 0.3) is 5.91 Å². The summed E-state index contributed by atoms with van der Waals surface area (Å²) in [6.07, 6.45) is 5.34. The molecule has 0 aliphatic carbocycles. The first-order valence-corrected chi connectivity index (χ1v) is 11.2. The number of carbonyl (C=O) groups excluding carboxylic acids is 3. The van der Waals surface area contributed by atoms with Crippen molar-refractivity contribution >= 4 is 28.7 Å². The molecular weight excluding hydrogens is 394 g/mol. The standard InChI is InChI=1S/C23H31N5O3/c1-2-27-12-5-6-17(27)15-25-21(29)10-9-20-22(30)28(23(31)26-20)13-11-16-14-24-19-8-4-3-7-18(16)19/h3-4,7-8,14,17,20,24H,2,5-6,9-13,15H2,1H3,(H,25,29)(H,26,31)/t17-,20-/m1/s1. The van der Waals surface area contributed by atoms with Gasteiger partial charge < -0.3 is 15.6 Å². The molecule has 166 valence electrons. The molecule has 0 spiro atoms. The van der Waals surface area contributed by atoms with Crippen molar-refractivity contribution in [1.29, 1.82) is 0 Å². The van der Waals surface area contributed by atoms with Crippen molar-refractivity contribution in [3.8, 4) is 0 Å². The number of likely N-dealkylation sites (tertiary alicyclic amines) is 1. The summed E-state index contributed by atoms with van der Waals surface area (Å²) in [4.78, 5) is 44.1. The van der Waals surface area contributed by atoms with Crippen LogP contribution in [-0.2, 0) is 16.0 Å². The zero-order valence-corrected chi connectivity index (χ0v) is 18.0. The normalized spacial score (nSPS) is 21.8. The maximum absolute atomic E-state index is 12.7. The number of imide groups is 1. The third-order valence-electron chi connectivity index (χ3n) is 6.49. The van der Waals surface area contributed by atoms with Crippen molar-refractivity contribution in [2.75, 3.05) is 26.2 Å². The van der Waals surface area contributed by atoms with E-state index in [9.17, 15) is 14.4 Å². The van der Waals surface area contributed by atoms with Crippen LogP contribution in [0.1, 0.15) is 38.2 Å². The van der Waals surface area contributed by atoms with Gasteiger partial charge in [-0.2, -0.15) is 0 Å². The number of hydrogen-bond acceptors (Lipinski definition) is 4. The molecule has 2 aromatic rings. The topological polar surface area (TPSA) is 97.5 Å². The summed E-state index contributed by atoms with van der Waals surface area (Å²) in [6.45, 7) is 5.20. The van der Waals surface area contributed by atoms with E-state index < -0.39 is 6.04 Å². The van der Waals surface area contributed by atoms with Gasteiger partial charge in [0.15, 0.2) is 0 Å². The molecule has 2 saturated heterocycles. The number of para-hydroxylation sites is 1. The van der Waals surface area contributed by atoms with E-state index in [1.807, 2.05) is 30.5 Å². The van der Waals surface area contributed by atoms with Crippen molar-refractivity contribution in [1.82, 2.24) is 25.4 Å². The van der Waals surface area contributed by atoms with Crippen molar-refractivity contribution in [3.63, 3.8) is 0 Å². The predicted octanol–water partition coefficient (Wildman–Crippen LogP) is 2.01. The first-order valence-electron chi connectivity index (χ1n) is 11.2. The van der Waals surface area contributed by atoms with Gasteiger partial charge in [-0.05, 0) is 50.4 Å². The fourth-order valence-corrected chi connectivity index (χ4v) is 4.69. The number of nitrogens with one attached hydrogen (secondary N) is 3. The lowest BCUT2D eigenvalue weighted by atomic mass is 10.1. The van der Waals surface area contributed by atoms with Gasteiger partial charge in [-0.3, -0.25) is 19.4 Å². The van der Waals surface area contributed by atoms with Gasteiger partial charge in [-0.25, -0.2) is 4.79 Å². The highest BCUT2D eigenvalue weighted by atomic mass is 16.2. The van der Waals surface area contributed by atoms with Crippen LogP contribution >= 0.6 is 0 Å². The number of aromatic nitrogens is 1. The van der Waals surface area contributed by atoms with Crippen molar-refractivity contribution in [2.24, 2.45) is 0 Å². The van der Waals surface area contributed by atoms with Gasteiger partial charge >= 0.3 is 6.03 Å². The van der Waals surface area contributed by atoms with Crippen LogP contribution in [0.2, 0.25) is 0 Å². The second-order valence-corrected chi connectivity index (χ2v) is 8.37.